The molecule has 0 fully saturated rings. The lowest BCUT2D eigenvalue weighted by Crippen LogP contribution is -2.17. The highest BCUT2D eigenvalue weighted by molar-refractivity contribution is 7.98. The molecule has 0 aromatic rings. The zero-order valence-corrected chi connectivity index (χ0v) is 12.1. The van der Waals surface area contributed by atoms with Crippen molar-refractivity contribution < 1.29 is 0 Å². The molecule has 0 N–H and O–H groups in total. The van der Waals surface area contributed by atoms with Crippen LogP contribution in [0.25, 0.3) is 0 Å². The van der Waals surface area contributed by atoms with Gasteiger partial charge in [-0.3, -0.25) is 0 Å². The van der Waals surface area contributed by atoms with Crippen LogP contribution in [0.5, 0.6) is 0 Å². The van der Waals surface area contributed by atoms with Gasteiger partial charge in [0.2, 0.25) is 0 Å². The van der Waals surface area contributed by atoms with Crippen LogP contribution in [0.1, 0.15) is 72.1 Å². The summed E-state index contributed by atoms with van der Waals surface area (Å²) in [7, 11) is 0. The minimum Gasteiger partial charge on any atom is -0.165 e. The van der Waals surface area contributed by atoms with E-state index in [9.17, 15) is 0 Å². The van der Waals surface area contributed by atoms with Gasteiger partial charge >= 0.3 is 0 Å². The van der Waals surface area contributed by atoms with Crippen molar-refractivity contribution in [1.82, 2.24) is 0 Å². The summed E-state index contributed by atoms with van der Waals surface area (Å²) < 4.78 is 0. The monoisotopic (exact) mass is 230 g/mol. The second-order valence-corrected chi connectivity index (χ2v) is 6.10. The summed E-state index contributed by atoms with van der Waals surface area (Å²) in [6.45, 7) is 7.11. The van der Waals surface area contributed by atoms with Crippen LogP contribution >= 0.6 is 11.8 Å². The van der Waals surface area contributed by atoms with Crippen LogP contribution in [0.15, 0.2) is 0 Å². The molecule has 0 nitrogen and oxygen atoms in total. The third-order valence-corrected chi connectivity index (χ3v) is 4.04. The minimum atomic E-state index is 0.633. The van der Waals surface area contributed by atoms with E-state index in [1.54, 1.807) is 0 Å². The molecule has 0 saturated carbocycles. The van der Waals surface area contributed by atoms with Crippen LogP contribution in [0.2, 0.25) is 0 Å². The van der Waals surface area contributed by atoms with Gasteiger partial charge in [-0.1, -0.05) is 52.9 Å². The Hall–Kier alpha value is 0.350. The smallest absolute Gasteiger partial charge is 0.00651 e. The van der Waals surface area contributed by atoms with E-state index in [1.165, 1.54) is 57.1 Å². The summed E-state index contributed by atoms with van der Waals surface area (Å²) in [5.41, 5.74) is 0.633. The average Bonchev–Trinajstić information content (AvgIpc) is 2.24. The number of rotatable bonds is 10. The van der Waals surface area contributed by atoms with Gasteiger partial charge in [-0.15, -0.1) is 0 Å². The van der Waals surface area contributed by atoms with E-state index in [0.717, 1.165) is 0 Å². The second-order valence-electron chi connectivity index (χ2n) is 5.11. The summed E-state index contributed by atoms with van der Waals surface area (Å²) in [5, 5.41) is 0. The Labute approximate surface area is 102 Å². The number of thioether (sulfide) groups is 1. The Balaban J connectivity index is 3.89. The fraction of sp³-hybridized carbons (Fsp3) is 1.00. The summed E-state index contributed by atoms with van der Waals surface area (Å²) in [5.74, 6) is 1.34. The molecule has 1 atom stereocenters. The van der Waals surface area contributed by atoms with E-state index in [1.807, 2.05) is 11.8 Å². The number of hydrogen-bond acceptors (Lipinski definition) is 1. The molecule has 0 spiro atoms. The number of hydrogen-bond donors (Lipinski definition) is 0. The second kappa shape index (κ2) is 9.57. The van der Waals surface area contributed by atoms with Gasteiger partial charge < -0.3 is 0 Å². The van der Waals surface area contributed by atoms with Crippen molar-refractivity contribution in [3.8, 4) is 0 Å². The van der Waals surface area contributed by atoms with Crippen LogP contribution in [0, 0.1) is 5.41 Å². The Morgan fingerprint density at radius 1 is 0.867 bits per heavy atom. The van der Waals surface area contributed by atoms with Crippen LogP contribution in [-0.4, -0.2) is 12.0 Å². The maximum atomic E-state index is 2.51. The van der Waals surface area contributed by atoms with E-state index in [-0.39, 0.29) is 0 Å². The topological polar surface area (TPSA) is 0 Å². The Kier molecular flexibility index (Phi) is 9.79. The summed E-state index contributed by atoms with van der Waals surface area (Å²) in [6, 6.07) is 0. The molecular weight excluding hydrogens is 200 g/mol. The predicted octanol–water partition coefficient (Wildman–Crippen LogP) is 5.52. The molecule has 0 aliphatic heterocycles. The highest BCUT2D eigenvalue weighted by Gasteiger charge is 2.22. The van der Waals surface area contributed by atoms with Crippen LogP contribution in [0.3, 0.4) is 0 Å². The highest BCUT2D eigenvalue weighted by atomic mass is 32.2. The Bertz CT molecular complexity index is 123. The molecule has 0 heterocycles. The molecule has 0 saturated heterocycles. The van der Waals surface area contributed by atoms with Crippen LogP contribution in [-0.2, 0) is 0 Å². The van der Waals surface area contributed by atoms with Crippen molar-refractivity contribution in [2.45, 2.75) is 72.1 Å². The SMILES string of the molecule is CCCCCC(C)(CCCC)CCSC. The quantitative estimate of drug-likeness (QED) is 0.445. The summed E-state index contributed by atoms with van der Waals surface area (Å²) in [6.07, 6.45) is 13.5. The van der Waals surface area contributed by atoms with Crippen LogP contribution in [0.4, 0.5) is 0 Å². The molecule has 92 valence electrons. The van der Waals surface area contributed by atoms with E-state index < -0.39 is 0 Å². The van der Waals surface area contributed by atoms with E-state index in [0.29, 0.717) is 5.41 Å². The van der Waals surface area contributed by atoms with Crippen molar-refractivity contribution in [3.05, 3.63) is 0 Å². The average molecular weight is 230 g/mol. The van der Waals surface area contributed by atoms with Gasteiger partial charge in [-0.05, 0) is 36.7 Å². The normalized spacial score (nSPS) is 15.2. The van der Waals surface area contributed by atoms with Crippen molar-refractivity contribution in [2.75, 3.05) is 12.0 Å². The van der Waals surface area contributed by atoms with Crippen LogP contribution < -0.4 is 0 Å². The van der Waals surface area contributed by atoms with Gasteiger partial charge in [-0.2, -0.15) is 11.8 Å². The van der Waals surface area contributed by atoms with Crippen molar-refractivity contribution in [2.24, 2.45) is 5.41 Å². The molecule has 0 rings (SSSR count). The minimum absolute atomic E-state index is 0.633. The standard InChI is InChI=1S/C14H30S/c1-5-7-9-11-14(3,10-8-6-2)12-13-15-4/h5-13H2,1-4H3. The maximum Gasteiger partial charge on any atom is -0.00651 e. The molecule has 0 radical (unpaired) electrons. The fourth-order valence-corrected chi connectivity index (χ4v) is 2.83. The van der Waals surface area contributed by atoms with E-state index in [2.05, 4.69) is 27.0 Å². The summed E-state index contributed by atoms with van der Waals surface area (Å²) in [4.78, 5) is 0. The van der Waals surface area contributed by atoms with Gasteiger partial charge in [0.25, 0.3) is 0 Å². The first-order chi connectivity index (χ1) is 7.18. The van der Waals surface area contributed by atoms with Crippen molar-refractivity contribution in [1.29, 1.82) is 0 Å². The van der Waals surface area contributed by atoms with Gasteiger partial charge in [0.05, 0.1) is 0 Å². The first-order valence-corrected chi connectivity index (χ1v) is 8.07. The Morgan fingerprint density at radius 3 is 2.00 bits per heavy atom. The van der Waals surface area contributed by atoms with Crippen molar-refractivity contribution in [3.63, 3.8) is 0 Å². The zero-order valence-electron chi connectivity index (χ0n) is 11.3. The first kappa shape index (κ1) is 15.3. The molecule has 0 aromatic carbocycles. The fourth-order valence-electron chi connectivity index (χ4n) is 2.13. The van der Waals surface area contributed by atoms with Gasteiger partial charge in [0, 0.05) is 0 Å². The van der Waals surface area contributed by atoms with Gasteiger partial charge in [0.15, 0.2) is 0 Å². The van der Waals surface area contributed by atoms with E-state index >= 15 is 0 Å². The summed E-state index contributed by atoms with van der Waals surface area (Å²) >= 11 is 2.00. The lowest BCUT2D eigenvalue weighted by molar-refractivity contribution is 0.246. The molecule has 0 bridgehead atoms. The van der Waals surface area contributed by atoms with Crippen molar-refractivity contribution >= 4 is 11.8 Å². The molecule has 1 heteroatoms. The third-order valence-electron chi connectivity index (χ3n) is 3.43. The van der Waals surface area contributed by atoms with E-state index in [4.69, 9.17) is 0 Å². The molecular formula is C14H30S. The highest BCUT2D eigenvalue weighted by Crippen LogP contribution is 2.35. The predicted molar refractivity (Wildman–Crippen MR) is 74.8 cm³/mol. The van der Waals surface area contributed by atoms with Gasteiger partial charge in [0.1, 0.15) is 0 Å². The van der Waals surface area contributed by atoms with Gasteiger partial charge in [-0.25, -0.2) is 0 Å². The molecule has 15 heavy (non-hydrogen) atoms. The first-order valence-electron chi connectivity index (χ1n) is 6.67. The molecule has 0 aromatic heterocycles. The lowest BCUT2D eigenvalue weighted by atomic mass is 9.78. The lowest BCUT2D eigenvalue weighted by Gasteiger charge is -2.29. The largest absolute Gasteiger partial charge is 0.165 e. The molecule has 0 amide bonds. The Morgan fingerprint density at radius 2 is 1.47 bits per heavy atom. The zero-order chi connectivity index (χ0) is 11.6. The molecule has 0 aliphatic carbocycles. The molecule has 0 aliphatic rings. The third kappa shape index (κ3) is 8.19. The maximum absolute atomic E-state index is 2.51. The molecule has 1 unspecified atom stereocenters. The number of unbranched alkanes of at least 4 members (excludes halogenated alkanes) is 3.